The van der Waals surface area contributed by atoms with Gasteiger partial charge in [-0.1, -0.05) is 30.3 Å². The van der Waals surface area contributed by atoms with E-state index < -0.39 is 6.10 Å². The van der Waals surface area contributed by atoms with Gasteiger partial charge in [0.2, 0.25) is 0 Å². The molecule has 0 amide bonds. The highest BCUT2D eigenvalue weighted by Crippen LogP contribution is 2.31. The quantitative estimate of drug-likeness (QED) is 0.741. The lowest BCUT2D eigenvalue weighted by Gasteiger charge is -2.06. The number of rotatable bonds is 2. The predicted octanol–water partition coefficient (Wildman–Crippen LogP) is 3.08. The second kappa shape index (κ2) is 4.40. The summed E-state index contributed by atoms with van der Waals surface area (Å²) in [5, 5.41) is 20.3. The normalized spacial score (nSPS) is 12.7. The third-order valence-electron chi connectivity index (χ3n) is 2.74. The van der Waals surface area contributed by atoms with Crippen LogP contribution in [0.1, 0.15) is 16.7 Å². The maximum absolute atomic E-state index is 10.2. The van der Waals surface area contributed by atoms with Crippen LogP contribution in [-0.2, 0) is 0 Å². The molecule has 90 valence electrons. The van der Waals surface area contributed by atoms with E-state index in [-0.39, 0.29) is 5.75 Å². The molecule has 1 aromatic heterocycles. The molecule has 1 unspecified atom stereocenters. The molecule has 0 fully saturated rings. The summed E-state index contributed by atoms with van der Waals surface area (Å²) in [6.07, 6.45) is -0.717. The van der Waals surface area contributed by atoms with E-state index in [0.717, 1.165) is 15.8 Å². The lowest BCUT2D eigenvalue weighted by atomic mass is 10.1. The van der Waals surface area contributed by atoms with Crippen LogP contribution in [0.2, 0.25) is 0 Å². The number of hydrogen-bond acceptors (Lipinski definition) is 4. The van der Waals surface area contributed by atoms with Crippen molar-refractivity contribution in [1.82, 2.24) is 4.98 Å². The van der Waals surface area contributed by atoms with Crippen molar-refractivity contribution in [2.45, 2.75) is 6.10 Å². The molecule has 0 aliphatic heterocycles. The van der Waals surface area contributed by atoms with Gasteiger partial charge in [-0.3, -0.25) is 0 Å². The molecular weight excluding hydrogens is 246 g/mol. The summed E-state index contributed by atoms with van der Waals surface area (Å²) in [7, 11) is 0. The molecule has 3 aromatic rings. The van der Waals surface area contributed by atoms with Gasteiger partial charge in [0, 0.05) is 0 Å². The molecule has 18 heavy (non-hydrogen) atoms. The lowest BCUT2D eigenvalue weighted by molar-refractivity contribution is 0.220. The molecule has 2 N–H and O–H groups in total. The molecule has 0 aliphatic carbocycles. The van der Waals surface area contributed by atoms with Crippen LogP contribution < -0.4 is 0 Å². The minimum absolute atomic E-state index is 0.215. The van der Waals surface area contributed by atoms with Gasteiger partial charge in [-0.25, -0.2) is 4.98 Å². The number of aromatic hydroxyl groups is 1. The number of nitrogens with zero attached hydrogens (tertiary/aromatic N) is 1. The SMILES string of the molecule is Oc1ccc2nc(C(O)c3ccccc3)sc2c1. The number of phenols is 1. The predicted molar refractivity (Wildman–Crippen MR) is 71.8 cm³/mol. The fourth-order valence-electron chi connectivity index (χ4n) is 1.83. The van der Waals surface area contributed by atoms with Crippen LogP contribution in [0, 0.1) is 0 Å². The first kappa shape index (κ1) is 11.2. The summed E-state index contributed by atoms with van der Waals surface area (Å²) >= 11 is 1.39. The van der Waals surface area contributed by atoms with Gasteiger partial charge in [-0.05, 0) is 23.8 Å². The summed E-state index contributed by atoms with van der Waals surface area (Å²) in [6, 6.07) is 14.4. The van der Waals surface area contributed by atoms with Gasteiger partial charge in [0.25, 0.3) is 0 Å². The lowest BCUT2D eigenvalue weighted by Crippen LogP contribution is -1.97. The van der Waals surface area contributed by atoms with Crippen molar-refractivity contribution in [2.75, 3.05) is 0 Å². The van der Waals surface area contributed by atoms with Crippen molar-refractivity contribution in [3.05, 3.63) is 59.1 Å². The van der Waals surface area contributed by atoms with E-state index in [1.807, 2.05) is 30.3 Å². The average molecular weight is 257 g/mol. The summed E-state index contributed by atoms with van der Waals surface area (Å²) in [6.45, 7) is 0. The highest BCUT2D eigenvalue weighted by atomic mass is 32.1. The molecule has 0 radical (unpaired) electrons. The Morgan fingerprint density at radius 1 is 1.06 bits per heavy atom. The molecule has 1 atom stereocenters. The molecular formula is C14H11NO2S. The first-order valence-electron chi connectivity index (χ1n) is 5.56. The van der Waals surface area contributed by atoms with Crippen LogP contribution in [0.3, 0.4) is 0 Å². The van der Waals surface area contributed by atoms with E-state index in [2.05, 4.69) is 4.98 Å². The Labute approximate surface area is 108 Å². The number of aromatic nitrogens is 1. The number of benzene rings is 2. The maximum atomic E-state index is 10.2. The van der Waals surface area contributed by atoms with Gasteiger partial charge >= 0.3 is 0 Å². The van der Waals surface area contributed by atoms with Crippen LogP contribution >= 0.6 is 11.3 Å². The number of hydrogen-bond donors (Lipinski definition) is 2. The fourth-order valence-corrected chi connectivity index (χ4v) is 2.84. The fraction of sp³-hybridized carbons (Fsp3) is 0.0714. The molecule has 1 heterocycles. The smallest absolute Gasteiger partial charge is 0.131 e. The van der Waals surface area contributed by atoms with Crippen LogP contribution in [0.5, 0.6) is 5.75 Å². The minimum Gasteiger partial charge on any atom is -0.508 e. The molecule has 0 aliphatic rings. The van der Waals surface area contributed by atoms with Crippen LogP contribution in [0.4, 0.5) is 0 Å². The first-order valence-corrected chi connectivity index (χ1v) is 6.38. The van der Waals surface area contributed by atoms with Gasteiger partial charge in [0.15, 0.2) is 0 Å². The van der Waals surface area contributed by atoms with Gasteiger partial charge in [-0.15, -0.1) is 11.3 Å². The maximum Gasteiger partial charge on any atom is 0.131 e. The largest absolute Gasteiger partial charge is 0.508 e. The van der Waals surface area contributed by atoms with Gasteiger partial charge < -0.3 is 10.2 Å². The molecule has 4 heteroatoms. The zero-order chi connectivity index (χ0) is 12.5. The number of thiazole rings is 1. The van der Waals surface area contributed by atoms with E-state index in [1.165, 1.54) is 11.3 Å². The van der Waals surface area contributed by atoms with Gasteiger partial charge in [0.05, 0.1) is 10.2 Å². The molecule has 0 saturated heterocycles. The summed E-state index contributed by atoms with van der Waals surface area (Å²) in [4.78, 5) is 4.39. The molecule has 0 spiro atoms. The highest BCUT2D eigenvalue weighted by Gasteiger charge is 2.15. The highest BCUT2D eigenvalue weighted by molar-refractivity contribution is 7.18. The standard InChI is InChI=1S/C14H11NO2S/c16-10-6-7-11-12(8-10)18-14(15-11)13(17)9-4-2-1-3-5-9/h1-8,13,16-17H. The van der Waals surface area contributed by atoms with Crippen molar-refractivity contribution in [3.8, 4) is 5.75 Å². The summed E-state index contributed by atoms with van der Waals surface area (Å²) in [5.41, 5.74) is 1.61. The number of phenolic OH excluding ortho intramolecular Hbond substituents is 1. The Balaban J connectivity index is 2.04. The summed E-state index contributed by atoms with van der Waals surface area (Å²) < 4.78 is 0.875. The number of aliphatic hydroxyl groups is 1. The Morgan fingerprint density at radius 3 is 2.61 bits per heavy atom. The number of fused-ring (bicyclic) bond motifs is 1. The monoisotopic (exact) mass is 257 g/mol. The van der Waals surface area contributed by atoms with E-state index >= 15 is 0 Å². The average Bonchev–Trinajstić information content (AvgIpc) is 2.81. The Hall–Kier alpha value is -1.91. The Kier molecular flexibility index (Phi) is 2.74. The number of aliphatic hydroxyl groups excluding tert-OH is 1. The third-order valence-corrected chi connectivity index (χ3v) is 3.81. The van der Waals surface area contributed by atoms with Crippen molar-refractivity contribution in [1.29, 1.82) is 0 Å². The van der Waals surface area contributed by atoms with Gasteiger partial charge in [-0.2, -0.15) is 0 Å². The molecule has 2 aromatic carbocycles. The molecule has 3 nitrogen and oxygen atoms in total. The van der Waals surface area contributed by atoms with E-state index in [9.17, 15) is 10.2 Å². The summed E-state index contributed by atoms with van der Waals surface area (Å²) in [5.74, 6) is 0.215. The van der Waals surface area contributed by atoms with Crippen LogP contribution in [-0.4, -0.2) is 15.2 Å². The Bertz CT molecular complexity index is 679. The zero-order valence-electron chi connectivity index (χ0n) is 9.45. The second-order valence-corrected chi connectivity index (χ2v) is 5.08. The van der Waals surface area contributed by atoms with Gasteiger partial charge in [0.1, 0.15) is 16.9 Å². The third kappa shape index (κ3) is 1.96. The molecule has 3 rings (SSSR count). The Morgan fingerprint density at radius 2 is 1.83 bits per heavy atom. The first-order chi connectivity index (χ1) is 8.74. The van der Waals surface area contributed by atoms with Crippen molar-refractivity contribution in [3.63, 3.8) is 0 Å². The van der Waals surface area contributed by atoms with Crippen molar-refractivity contribution >= 4 is 21.6 Å². The van der Waals surface area contributed by atoms with E-state index in [1.54, 1.807) is 18.2 Å². The van der Waals surface area contributed by atoms with Crippen molar-refractivity contribution in [2.24, 2.45) is 0 Å². The molecule has 0 bridgehead atoms. The topological polar surface area (TPSA) is 53.4 Å². The van der Waals surface area contributed by atoms with Crippen molar-refractivity contribution < 1.29 is 10.2 Å². The van der Waals surface area contributed by atoms with E-state index in [0.29, 0.717) is 5.01 Å². The van der Waals surface area contributed by atoms with Crippen LogP contribution in [0.25, 0.3) is 10.2 Å². The van der Waals surface area contributed by atoms with E-state index in [4.69, 9.17) is 0 Å². The zero-order valence-corrected chi connectivity index (χ0v) is 10.3. The molecule has 0 saturated carbocycles. The minimum atomic E-state index is -0.717. The second-order valence-electron chi connectivity index (χ2n) is 4.02. The van der Waals surface area contributed by atoms with Crippen LogP contribution in [0.15, 0.2) is 48.5 Å².